The molecule has 0 unspecified atom stereocenters. The lowest BCUT2D eigenvalue weighted by Gasteiger charge is -2.33. The fourth-order valence-corrected chi connectivity index (χ4v) is 2.98. The zero-order chi connectivity index (χ0) is 17.2. The van der Waals surface area contributed by atoms with Crippen molar-refractivity contribution in [1.82, 2.24) is 25.1 Å². The normalized spacial score (nSPS) is 15.2. The van der Waals surface area contributed by atoms with Crippen LogP contribution in [0.15, 0.2) is 42.9 Å². The number of hydrogen-bond donors (Lipinski definition) is 1. The van der Waals surface area contributed by atoms with E-state index >= 15 is 0 Å². The average Bonchev–Trinajstić information content (AvgIpc) is 3.10. The van der Waals surface area contributed by atoms with Gasteiger partial charge in [-0.25, -0.2) is 9.97 Å². The van der Waals surface area contributed by atoms with Crippen molar-refractivity contribution in [2.24, 2.45) is 0 Å². The number of nitrogens with one attached hydrogen (secondary N) is 1. The van der Waals surface area contributed by atoms with Crippen LogP contribution in [0.4, 0.5) is 5.82 Å². The molecule has 4 rings (SSSR count). The number of imide groups is 1. The summed E-state index contributed by atoms with van der Waals surface area (Å²) in [4.78, 5) is 36.3. The van der Waals surface area contributed by atoms with Crippen molar-refractivity contribution in [2.75, 3.05) is 24.5 Å². The first-order valence-corrected chi connectivity index (χ1v) is 7.98. The van der Waals surface area contributed by atoms with Crippen molar-refractivity contribution in [3.8, 4) is 0 Å². The predicted molar refractivity (Wildman–Crippen MR) is 90.8 cm³/mol. The van der Waals surface area contributed by atoms with Gasteiger partial charge >= 0.3 is 0 Å². The van der Waals surface area contributed by atoms with E-state index < -0.39 is 0 Å². The molecular weight excluding hydrogens is 320 g/mol. The van der Waals surface area contributed by atoms with Crippen molar-refractivity contribution >= 4 is 28.7 Å². The van der Waals surface area contributed by atoms with Crippen molar-refractivity contribution < 1.29 is 9.59 Å². The number of hydrogen-bond acceptors (Lipinski definition) is 6. The molecule has 0 aliphatic carbocycles. The Balaban J connectivity index is 1.49. The van der Waals surface area contributed by atoms with Gasteiger partial charge in [-0.3, -0.25) is 19.6 Å². The zero-order valence-corrected chi connectivity index (χ0v) is 13.4. The van der Waals surface area contributed by atoms with Gasteiger partial charge in [0.1, 0.15) is 12.1 Å². The number of benzene rings is 1. The molecule has 8 heteroatoms. The molecule has 2 amide bonds. The van der Waals surface area contributed by atoms with Gasteiger partial charge in [0.05, 0.1) is 24.7 Å². The minimum absolute atomic E-state index is 0.109. The number of carbonyl (C=O) groups is 2. The molecule has 2 aromatic heterocycles. The molecule has 0 radical (unpaired) electrons. The molecule has 3 aromatic rings. The lowest BCUT2D eigenvalue weighted by Crippen LogP contribution is -2.54. The molecule has 1 fully saturated rings. The smallest absolute Gasteiger partial charge is 0.248 e. The summed E-state index contributed by atoms with van der Waals surface area (Å²) in [5.41, 5.74) is 1.68. The van der Waals surface area contributed by atoms with Crippen LogP contribution in [0.1, 0.15) is 5.56 Å². The lowest BCUT2D eigenvalue weighted by atomic mass is 10.1. The summed E-state index contributed by atoms with van der Waals surface area (Å²) in [5, 5.41) is 7.39. The highest BCUT2D eigenvalue weighted by Gasteiger charge is 2.32. The second kappa shape index (κ2) is 6.31. The van der Waals surface area contributed by atoms with E-state index in [1.807, 2.05) is 30.3 Å². The molecule has 1 aliphatic heterocycles. The van der Waals surface area contributed by atoms with E-state index in [4.69, 9.17) is 0 Å². The number of H-pyrrole nitrogens is 1. The third-order valence-electron chi connectivity index (χ3n) is 4.25. The second-order valence-corrected chi connectivity index (χ2v) is 5.86. The number of carbonyl (C=O) groups excluding carboxylic acids is 2. The monoisotopic (exact) mass is 336 g/mol. The fourth-order valence-electron chi connectivity index (χ4n) is 2.98. The van der Waals surface area contributed by atoms with E-state index in [1.54, 1.807) is 11.1 Å². The first-order valence-electron chi connectivity index (χ1n) is 7.98. The van der Waals surface area contributed by atoms with Crippen LogP contribution in [0, 0.1) is 0 Å². The molecule has 25 heavy (non-hydrogen) atoms. The van der Waals surface area contributed by atoms with E-state index in [2.05, 4.69) is 20.2 Å². The summed E-state index contributed by atoms with van der Waals surface area (Å²) in [6.45, 7) is 0.607. The molecule has 1 saturated heterocycles. The van der Waals surface area contributed by atoms with Crippen LogP contribution < -0.4 is 4.90 Å². The second-order valence-electron chi connectivity index (χ2n) is 5.86. The Morgan fingerprint density at radius 1 is 1.04 bits per heavy atom. The lowest BCUT2D eigenvalue weighted by molar-refractivity contribution is -0.145. The molecule has 0 bridgehead atoms. The van der Waals surface area contributed by atoms with Gasteiger partial charge in [0.15, 0.2) is 5.65 Å². The Morgan fingerprint density at radius 2 is 1.80 bits per heavy atom. The maximum atomic E-state index is 12.5. The van der Waals surface area contributed by atoms with Crippen LogP contribution in [0.2, 0.25) is 0 Å². The highest BCUT2D eigenvalue weighted by molar-refractivity contribution is 6.04. The van der Waals surface area contributed by atoms with Gasteiger partial charge in [-0.1, -0.05) is 30.3 Å². The minimum Gasteiger partial charge on any atom is -0.337 e. The van der Waals surface area contributed by atoms with E-state index in [9.17, 15) is 9.59 Å². The first kappa shape index (κ1) is 15.3. The van der Waals surface area contributed by atoms with Crippen LogP contribution in [0.25, 0.3) is 11.0 Å². The summed E-state index contributed by atoms with van der Waals surface area (Å²) in [5.74, 6) is 0.105. The van der Waals surface area contributed by atoms with Crippen molar-refractivity contribution in [3.05, 3.63) is 48.4 Å². The summed E-state index contributed by atoms with van der Waals surface area (Å²) >= 11 is 0. The first-order chi connectivity index (χ1) is 12.2. The summed E-state index contributed by atoms with van der Waals surface area (Å²) in [7, 11) is 0. The van der Waals surface area contributed by atoms with Crippen LogP contribution in [0.5, 0.6) is 0 Å². The predicted octanol–water partition coefficient (Wildman–Crippen LogP) is 0.771. The van der Waals surface area contributed by atoms with Crippen LogP contribution in [-0.2, 0) is 16.0 Å². The molecule has 3 heterocycles. The largest absolute Gasteiger partial charge is 0.337 e. The standard InChI is InChI=1S/C17H16N6O2/c24-14-9-22(17-13-8-20-21-16(13)18-11-19-17)10-15(25)23(14)7-6-12-4-2-1-3-5-12/h1-5,8,11H,6-7,9-10H2,(H,18,19,20,21). The number of aromatic amines is 1. The Hall–Kier alpha value is -3.29. The van der Waals surface area contributed by atoms with E-state index in [0.29, 0.717) is 29.8 Å². The van der Waals surface area contributed by atoms with Gasteiger partial charge in [0.25, 0.3) is 0 Å². The molecule has 1 aliphatic rings. The molecule has 0 atom stereocenters. The van der Waals surface area contributed by atoms with Gasteiger partial charge in [-0.05, 0) is 12.0 Å². The number of rotatable bonds is 4. The SMILES string of the molecule is O=C1CN(c2ncnc3[nH]ncc23)CC(=O)N1CCc1ccccc1. The van der Waals surface area contributed by atoms with Crippen molar-refractivity contribution in [2.45, 2.75) is 6.42 Å². The highest BCUT2D eigenvalue weighted by atomic mass is 16.2. The molecule has 1 aromatic carbocycles. The van der Waals surface area contributed by atoms with Crippen molar-refractivity contribution in [1.29, 1.82) is 0 Å². The van der Waals surface area contributed by atoms with Crippen LogP contribution in [-0.4, -0.2) is 56.5 Å². The molecule has 0 saturated carbocycles. The summed E-state index contributed by atoms with van der Waals surface area (Å²) < 4.78 is 0. The Morgan fingerprint density at radius 3 is 2.56 bits per heavy atom. The quantitative estimate of drug-likeness (QED) is 0.707. The topological polar surface area (TPSA) is 95.1 Å². The van der Waals surface area contributed by atoms with E-state index in [0.717, 1.165) is 5.56 Å². The van der Waals surface area contributed by atoms with Gasteiger partial charge in [-0.2, -0.15) is 5.10 Å². The van der Waals surface area contributed by atoms with Gasteiger partial charge < -0.3 is 4.90 Å². The van der Waals surface area contributed by atoms with Crippen molar-refractivity contribution in [3.63, 3.8) is 0 Å². The Bertz CT molecular complexity index is 905. The number of fused-ring (bicyclic) bond motifs is 1. The number of piperazine rings is 1. The summed E-state index contributed by atoms with van der Waals surface area (Å²) in [6, 6.07) is 9.81. The number of amides is 2. The van der Waals surface area contributed by atoms with Gasteiger partial charge in [-0.15, -0.1) is 0 Å². The molecular formula is C17H16N6O2. The maximum Gasteiger partial charge on any atom is 0.248 e. The maximum absolute atomic E-state index is 12.5. The third kappa shape index (κ3) is 2.93. The fraction of sp³-hybridized carbons (Fsp3) is 0.235. The number of aromatic nitrogens is 4. The zero-order valence-electron chi connectivity index (χ0n) is 13.4. The summed E-state index contributed by atoms with van der Waals surface area (Å²) in [6.07, 6.45) is 3.64. The Labute approximate surface area is 143 Å². The van der Waals surface area contributed by atoms with E-state index in [1.165, 1.54) is 11.2 Å². The van der Waals surface area contributed by atoms with Gasteiger partial charge in [0.2, 0.25) is 11.8 Å². The van der Waals surface area contributed by atoms with Gasteiger partial charge in [0, 0.05) is 6.54 Å². The molecule has 8 nitrogen and oxygen atoms in total. The highest BCUT2D eigenvalue weighted by Crippen LogP contribution is 2.22. The van der Waals surface area contributed by atoms with Crippen LogP contribution in [0.3, 0.4) is 0 Å². The Kier molecular flexibility index (Phi) is 3.85. The molecule has 1 N–H and O–H groups in total. The third-order valence-corrected chi connectivity index (χ3v) is 4.25. The number of anilines is 1. The molecule has 0 spiro atoms. The van der Waals surface area contributed by atoms with E-state index in [-0.39, 0.29) is 24.9 Å². The van der Waals surface area contributed by atoms with Crippen LogP contribution >= 0.6 is 0 Å². The average molecular weight is 336 g/mol. The number of nitrogens with zero attached hydrogens (tertiary/aromatic N) is 5. The minimum atomic E-state index is -0.220. The molecule has 126 valence electrons.